The molecule has 3 aromatic carbocycles. The number of nitrogens with zero attached hydrogens (tertiary/aromatic N) is 1. The average Bonchev–Trinajstić information content (AvgIpc) is 3.01. The number of rotatable bonds is 3. The van der Waals surface area contributed by atoms with E-state index >= 15 is 0 Å². The minimum Gasteiger partial charge on any atom is -0.355 e. The summed E-state index contributed by atoms with van der Waals surface area (Å²) in [5.41, 5.74) is 4.74. The number of aromatic amines is 1. The minimum absolute atomic E-state index is 0.243. The van der Waals surface area contributed by atoms with Gasteiger partial charge < -0.3 is 5.32 Å². The molecule has 0 unspecified atom stereocenters. The van der Waals surface area contributed by atoms with Gasteiger partial charge in [0.05, 0.1) is 11.2 Å². The summed E-state index contributed by atoms with van der Waals surface area (Å²) in [6.45, 7) is 0. The first kappa shape index (κ1) is 13.5. The largest absolute Gasteiger partial charge is 0.355 e. The predicted molar refractivity (Wildman–Crippen MR) is 91.2 cm³/mol. The van der Waals surface area contributed by atoms with Crippen LogP contribution in [0.3, 0.4) is 0 Å². The molecule has 4 aromatic rings. The van der Waals surface area contributed by atoms with Gasteiger partial charge in [0.25, 0.3) is 0 Å². The SMILES string of the molecule is Fc1ccc(Nc2ccc3c(-c4ccccc4)n[nH]c3c2)cc1. The average molecular weight is 303 g/mol. The Kier molecular flexibility index (Phi) is 3.27. The van der Waals surface area contributed by atoms with Gasteiger partial charge in [-0.15, -0.1) is 0 Å². The molecule has 0 spiro atoms. The van der Waals surface area contributed by atoms with Crippen molar-refractivity contribution in [3.05, 3.63) is 78.6 Å². The maximum atomic E-state index is 13.0. The van der Waals surface area contributed by atoms with E-state index in [1.54, 1.807) is 12.1 Å². The molecule has 0 radical (unpaired) electrons. The molecule has 0 atom stereocenters. The normalized spacial score (nSPS) is 10.8. The molecule has 1 heterocycles. The van der Waals surface area contributed by atoms with E-state index in [0.717, 1.165) is 33.5 Å². The fraction of sp³-hybridized carbons (Fsp3) is 0. The summed E-state index contributed by atoms with van der Waals surface area (Å²) in [6.07, 6.45) is 0. The molecule has 3 nitrogen and oxygen atoms in total. The fourth-order valence-corrected chi connectivity index (χ4v) is 2.61. The van der Waals surface area contributed by atoms with Crippen LogP contribution < -0.4 is 5.32 Å². The Morgan fingerprint density at radius 3 is 2.35 bits per heavy atom. The molecule has 0 bridgehead atoms. The molecule has 0 amide bonds. The topological polar surface area (TPSA) is 40.7 Å². The van der Waals surface area contributed by atoms with Gasteiger partial charge in [-0.05, 0) is 42.5 Å². The molecular weight excluding hydrogens is 289 g/mol. The zero-order chi connectivity index (χ0) is 15.6. The van der Waals surface area contributed by atoms with Crippen molar-refractivity contribution in [2.24, 2.45) is 0 Å². The lowest BCUT2D eigenvalue weighted by atomic mass is 10.1. The maximum Gasteiger partial charge on any atom is 0.123 e. The Hall–Kier alpha value is -3.14. The smallest absolute Gasteiger partial charge is 0.123 e. The van der Waals surface area contributed by atoms with E-state index in [1.807, 2.05) is 48.5 Å². The van der Waals surface area contributed by atoms with Crippen molar-refractivity contribution < 1.29 is 4.39 Å². The van der Waals surface area contributed by atoms with Crippen LogP contribution in [0.25, 0.3) is 22.2 Å². The number of H-pyrrole nitrogens is 1. The number of hydrogen-bond donors (Lipinski definition) is 2. The molecule has 112 valence electrons. The quantitative estimate of drug-likeness (QED) is 0.552. The highest BCUT2D eigenvalue weighted by atomic mass is 19.1. The van der Waals surface area contributed by atoms with Crippen LogP contribution in [0, 0.1) is 5.82 Å². The highest BCUT2D eigenvalue weighted by Gasteiger charge is 2.08. The summed E-state index contributed by atoms with van der Waals surface area (Å²) in [5.74, 6) is -0.243. The van der Waals surface area contributed by atoms with E-state index in [9.17, 15) is 4.39 Å². The summed E-state index contributed by atoms with van der Waals surface area (Å²) in [5, 5.41) is 11.8. The Morgan fingerprint density at radius 1 is 0.826 bits per heavy atom. The van der Waals surface area contributed by atoms with Gasteiger partial charge in [-0.2, -0.15) is 5.10 Å². The number of benzene rings is 3. The van der Waals surface area contributed by atoms with E-state index in [2.05, 4.69) is 15.5 Å². The van der Waals surface area contributed by atoms with E-state index in [4.69, 9.17) is 0 Å². The molecular formula is C19H14FN3. The number of halogens is 1. The lowest BCUT2D eigenvalue weighted by molar-refractivity contribution is 0.628. The van der Waals surface area contributed by atoms with E-state index in [-0.39, 0.29) is 5.82 Å². The van der Waals surface area contributed by atoms with E-state index in [1.165, 1.54) is 12.1 Å². The van der Waals surface area contributed by atoms with Crippen molar-refractivity contribution in [3.63, 3.8) is 0 Å². The van der Waals surface area contributed by atoms with Crippen LogP contribution >= 0.6 is 0 Å². The molecule has 0 fully saturated rings. The first-order valence-electron chi connectivity index (χ1n) is 7.36. The van der Waals surface area contributed by atoms with Crippen molar-refractivity contribution >= 4 is 22.3 Å². The zero-order valence-corrected chi connectivity index (χ0v) is 12.3. The Morgan fingerprint density at radius 2 is 1.57 bits per heavy atom. The van der Waals surface area contributed by atoms with Crippen LogP contribution in [0.4, 0.5) is 15.8 Å². The van der Waals surface area contributed by atoms with Gasteiger partial charge in [0.15, 0.2) is 0 Å². The number of fused-ring (bicyclic) bond motifs is 1. The van der Waals surface area contributed by atoms with Gasteiger partial charge in [-0.1, -0.05) is 30.3 Å². The van der Waals surface area contributed by atoms with Crippen LogP contribution in [0.2, 0.25) is 0 Å². The van der Waals surface area contributed by atoms with Crippen molar-refractivity contribution in [1.82, 2.24) is 10.2 Å². The van der Waals surface area contributed by atoms with Crippen molar-refractivity contribution in [3.8, 4) is 11.3 Å². The van der Waals surface area contributed by atoms with Gasteiger partial charge in [0, 0.05) is 22.3 Å². The maximum absolute atomic E-state index is 13.0. The lowest BCUT2D eigenvalue weighted by Crippen LogP contribution is -1.90. The molecule has 0 saturated carbocycles. The Labute approximate surface area is 132 Å². The van der Waals surface area contributed by atoms with Crippen LogP contribution in [-0.2, 0) is 0 Å². The molecule has 0 saturated heterocycles. The number of hydrogen-bond acceptors (Lipinski definition) is 2. The summed E-state index contributed by atoms with van der Waals surface area (Å²) < 4.78 is 13.0. The summed E-state index contributed by atoms with van der Waals surface area (Å²) in [7, 11) is 0. The first-order chi connectivity index (χ1) is 11.3. The van der Waals surface area contributed by atoms with Crippen LogP contribution in [0.5, 0.6) is 0 Å². The fourth-order valence-electron chi connectivity index (χ4n) is 2.61. The lowest BCUT2D eigenvalue weighted by Gasteiger charge is -2.06. The zero-order valence-electron chi connectivity index (χ0n) is 12.3. The third-order valence-corrected chi connectivity index (χ3v) is 3.74. The monoisotopic (exact) mass is 303 g/mol. The number of anilines is 2. The third-order valence-electron chi connectivity index (χ3n) is 3.74. The van der Waals surface area contributed by atoms with Gasteiger partial charge >= 0.3 is 0 Å². The van der Waals surface area contributed by atoms with Gasteiger partial charge in [-0.25, -0.2) is 4.39 Å². The second kappa shape index (κ2) is 5.57. The number of aromatic nitrogens is 2. The van der Waals surface area contributed by atoms with Crippen LogP contribution in [0.15, 0.2) is 72.8 Å². The van der Waals surface area contributed by atoms with Crippen LogP contribution in [0.1, 0.15) is 0 Å². The summed E-state index contributed by atoms with van der Waals surface area (Å²) >= 11 is 0. The second-order valence-electron chi connectivity index (χ2n) is 5.33. The van der Waals surface area contributed by atoms with Crippen molar-refractivity contribution in [2.75, 3.05) is 5.32 Å². The van der Waals surface area contributed by atoms with E-state index < -0.39 is 0 Å². The van der Waals surface area contributed by atoms with Gasteiger partial charge in [0.1, 0.15) is 5.82 Å². The second-order valence-corrected chi connectivity index (χ2v) is 5.33. The van der Waals surface area contributed by atoms with Crippen molar-refractivity contribution in [1.29, 1.82) is 0 Å². The van der Waals surface area contributed by atoms with Gasteiger partial charge in [-0.3, -0.25) is 5.10 Å². The standard InChI is InChI=1S/C19H14FN3/c20-14-6-8-15(9-7-14)21-16-10-11-17-18(12-16)22-23-19(17)13-4-2-1-3-5-13/h1-12,21H,(H,22,23). The predicted octanol–water partition coefficient (Wildman–Crippen LogP) is 5.11. The Bertz CT molecular complexity index is 943. The molecule has 0 aliphatic carbocycles. The highest BCUT2D eigenvalue weighted by molar-refractivity contribution is 5.94. The van der Waals surface area contributed by atoms with Crippen molar-refractivity contribution in [2.45, 2.75) is 0 Å². The van der Waals surface area contributed by atoms with E-state index in [0.29, 0.717) is 0 Å². The molecule has 23 heavy (non-hydrogen) atoms. The Balaban J connectivity index is 1.68. The molecule has 4 rings (SSSR count). The third kappa shape index (κ3) is 2.66. The number of nitrogens with one attached hydrogen (secondary N) is 2. The first-order valence-corrected chi connectivity index (χ1v) is 7.36. The van der Waals surface area contributed by atoms with Gasteiger partial charge in [0.2, 0.25) is 0 Å². The molecule has 2 N–H and O–H groups in total. The molecule has 0 aliphatic rings. The summed E-state index contributed by atoms with van der Waals surface area (Å²) in [4.78, 5) is 0. The molecule has 0 aliphatic heterocycles. The highest BCUT2D eigenvalue weighted by Crippen LogP contribution is 2.28. The molecule has 1 aromatic heterocycles. The minimum atomic E-state index is -0.243. The molecule has 4 heteroatoms. The summed E-state index contributed by atoms with van der Waals surface area (Å²) in [6, 6.07) is 22.4. The van der Waals surface area contributed by atoms with Crippen LogP contribution in [-0.4, -0.2) is 10.2 Å².